The summed E-state index contributed by atoms with van der Waals surface area (Å²) in [4.78, 5) is 46.5. The molecule has 11 nitrogen and oxygen atoms in total. The van der Waals surface area contributed by atoms with Gasteiger partial charge < -0.3 is 35.0 Å². The van der Waals surface area contributed by atoms with E-state index >= 15 is 0 Å². The second-order valence-corrected chi connectivity index (χ2v) is 22.5. The van der Waals surface area contributed by atoms with Crippen LogP contribution in [0.5, 0.6) is 0 Å². The van der Waals surface area contributed by atoms with Gasteiger partial charge in [-0.15, -0.1) is 5.73 Å². The molecule has 0 aromatic heterocycles. The summed E-state index contributed by atoms with van der Waals surface area (Å²) in [6.45, 7) is 20.0. The summed E-state index contributed by atoms with van der Waals surface area (Å²) >= 11 is 0. The Morgan fingerprint density at radius 1 is 1.02 bits per heavy atom. The first-order valence-electron chi connectivity index (χ1n) is 21.9. The summed E-state index contributed by atoms with van der Waals surface area (Å²) in [6.07, 6.45) is 20.0. The van der Waals surface area contributed by atoms with Crippen molar-refractivity contribution in [3.63, 3.8) is 0 Å². The van der Waals surface area contributed by atoms with Crippen molar-refractivity contribution in [1.82, 2.24) is 24.7 Å². The highest BCUT2D eigenvalue weighted by Gasteiger charge is 2.40. The minimum atomic E-state index is -1.17. The van der Waals surface area contributed by atoms with Crippen molar-refractivity contribution < 1.29 is 29.0 Å². The molecular formula is C47H83N5O6S. The van der Waals surface area contributed by atoms with E-state index in [0.717, 1.165) is 31.5 Å². The lowest BCUT2D eigenvalue weighted by atomic mass is 9.84. The number of carbonyl (C=O) groups excluding carboxylic acids is 3. The molecule has 2 rings (SSSR count). The summed E-state index contributed by atoms with van der Waals surface area (Å²) in [6, 6.07) is -1.76. The second-order valence-electron chi connectivity index (χ2n) is 18.4. The minimum Gasteiger partial charge on any atom is -0.386 e. The predicted octanol–water partition coefficient (Wildman–Crippen LogP) is 6.70. The van der Waals surface area contributed by atoms with Crippen molar-refractivity contribution in [2.24, 2.45) is 29.6 Å². The van der Waals surface area contributed by atoms with Crippen LogP contribution in [0.25, 0.3) is 0 Å². The molecule has 3 N–H and O–H groups in total. The Bertz CT molecular complexity index is 1510. The third kappa shape index (κ3) is 14.9. The number of nitrogens with one attached hydrogen (secondary N) is 2. The van der Waals surface area contributed by atoms with Crippen LogP contribution in [0.3, 0.4) is 0 Å². The Morgan fingerprint density at radius 2 is 1.68 bits per heavy atom. The van der Waals surface area contributed by atoms with Crippen LogP contribution in [0.1, 0.15) is 94.4 Å². The number of hydrogen-bond acceptors (Lipinski definition) is 8. The van der Waals surface area contributed by atoms with Gasteiger partial charge in [0.05, 0.1) is 42.4 Å². The van der Waals surface area contributed by atoms with Crippen LogP contribution in [0, 0.1) is 29.6 Å². The maximum atomic E-state index is 14.6. The molecule has 10 atom stereocenters. The van der Waals surface area contributed by atoms with E-state index < -0.39 is 34.3 Å². The Kier molecular flexibility index (Phi) is 21.8. The smallest absolute Gasteiger partial charge is 0.245 e. The molecular weight excluding hydrogens is 763 g/mol. The predicted molar refractivity (Wildman–Crippen MR) is 246 cm³/mol. The third-order valence-electron chi connectivity index (χ3n) is 12.5. The number of methoxy groups -OCH3 is 2. The van der Waals surface area contributed by atoms with Crippen LogP contribution in [0.4, 0.5) is 0 Å². The van der Waals surface area contributed by atoms with E-state index in [9.17, 15) is 19.5 Å². The maximum Gasteiger partial charge on any atom is 0.245 e. The molecule has 3 amide bonds. The first-order valence-corrected chi connectivity index (χ1v) is 24.7. The number of allylic oxidation sites excluding steroid dienone is 4. The van der Waals surface area contributed by atoms with Gasteiger partial charge in [0.25, 0.3) is 0 Å². The van der Waals surface area contributed by atoms with E-state index in [1.165, 1.54) is 0 Å². The van der Waals surface area contributed by atoms with Crippen LogP contribution in [-0.4, -0.2) is 140 Å². The first-order chi connectivity index (χ1) is 27.6. The zero-order chi connectivity index (χ0) is 44.8. The largest absolute Gasteiger partial charge is 0.386 e. The van der Waals surface area contributed by atoms with Gasteiger partial charge in [-0.2, -0.15) is 10.2 Å². The fourth-order valence-electron chi connectivity index (χ4n) is 8.67. The Morgan fingerprint density at radius 3 is 2.22 bits per heavy atom. The lowest BCUT2D eigenvalue weighted by molar-refractivity contribution is -0.142. The van der Waals surface area contributed by atoms with Crippen molar-refractivity contribution in [3.8, 4) is 0 Å². The van der Waals surface area contributed by atoms with Crippen LogP contribution in [-0.2, 0) is 23.9 Å². The van der Waals surface area contributed by atoms with Gasteiger partial charge in [0.15, 0.2) is 0 Å². The molecule has 1 aliphatic carbocycles. The Hall–Kier alpha value is -2.86. The molecule has 10 unspecified atom stereocenters. The van der Waals surface area contributed by atoms with Crippen LogP contribution in [0.2, 0.25) is 0 Å². The molecule has 2 aliphatic rings. The third-order valence-corrected chi connectivity index (χ3v) is 14.4. The van der Waals surface area contributed by atoms with E-state index in [1.807, 2.05) is 45.0 Å². The Balaban J connectivity index is 2.29. The highest BCUT2D eigenvalue weighted by Crippen LogP contribution is 2.41. The molecule has 0 spiro atoms. The molecule has 0 aromatic rings. The van der Waals surface area contributed by atoms with E-state index in [4.69, 9.17) is 9.47 Å². The molecule has 0 bridgehead atoms. The minimum absolute atomic E-state index is 0.0728. The zero-order valence-electron chi connectivity index (χ0n) is 39.6. The lowest BCUT2D eigenvalue weighted by Crippen LogP contribution is -2.58. The molecule has 0 aromatic carbocycles. The summed E-state index contributed by atoms with van der Waals surface area (Å²) in [7, 11) is 6.12. The fourth-order valence-corrected chi connectivity index (χ4v) is 9.69. The number of hydrogen-bond donors (Lipinski definition) is 3. The topological polar surface area (TPSA) is 124 Å². The molecule has 1 aliphatic heterocycles. The van der Waals surface area contributed by atoms with E-state index in [-0.39, 0.29) is 65.7 Å². The molecule has 1 saturated heterocycles. The number of ether oxygens (including phenoxy) is 2. The van der Waals surface area contributed by atoms with Gasteiger partial charge in [0, 0.05) is 52.4 Å². The van der Waals surface area contributed by atoms with Crippen molar-refractivity contribution >= 4 is 27.9 Å². The number of aliphatic hydroxyl groups excluding tert-OH is 1. The molecule has 12 heteroatoms. The van der Waals surface area contributed by atoms with Crippen molar-refractivity contribution in [2.75, 3.05) is 60.2 Å². The summed E-state index contributed by atoms with van der Waals surface area (Å²) in [5.41, 5.74) is 4.83. The van der Waals surface area contributed by atoms with Crippen molar-refractivity contribution in [3.05, 3.63) is 53.5 Å². The molecule has 0 saturated carbocycles. The normalized spacial score (nSPS) is 21.2. The van der Waals surface area contributed by atoms with Gasteiger partial charge in [-0.1, -0.05) is 73.1 Å². The molecule has 1 heterocycles. The zero-order valence-corrected chi connectivity index (χ0v) is 40.4. The number of rotatable bonds is 23. The average molecular weight is 846 g/mol. The number of nitrogens with zero attached hydrogens (tertiary/aromatic N) is 3. The average Bonchev–Trinajstić information content (AvgIpc) is 3.47. The Labute approximate surface area is 360 Å². The van der Waals surface area contributed by atoms with Crippen LogP contribution in [0.15, 0.2) is 53.5 Å². The number of likely N-dealkylation sites (tertiary alicyclic amines) is 1. The molecule has 0 radical (unpaired) electrons. The second kappa shape index (κ2) is 24.5. The van der Waals surface area contributed by atoms with Gasteiger partial charge in [-0.25, -0.2) is 0 Å². The van der Waals surface area contributed by atoms with E-state index in [2.05, 4.69) is 98.9 Å². The highest BCUT2D eigenvalue weighted by atomic mass is 32.3. The number of aliphatic hydroxyl groups is 1. The van der Waals surface area contributed by atoms with E-state index in [0.29, 0.717) is 25.0 Å². The maximum absolute atomic E-state index is 14.6. The SMILES string of the molecule is CC=C(CC(OC)C(C(C)CC)N(C)C(=O)C(CC(C)C)NC(=O)C(C(C)C)N(C)S(C)(C)C)N1CCCC(C(OC)C(C)C(=O)NC(C)C(O)C2=CC=C=CC=C2)C1. The van der Waals surface area contributed by atoms with Crippen LogP contribution < -0.4 is 10.6 Å². The first kappa shape index (κ1) is 52.3. The van der Waals surface area contributed by atoms with Crippen molar-refractivity contribution in [1.29, 1.82) is 0 Å². The summed E-state index contributed by atoms with van der Waals surface area (Å²) in [5.74, 6) is -0.319. The molecule has 338 valence electrons. The number of likely N-dealkylation sites (N-methyl/N-ethyl adjacent to an activating group) is 2. The van der Waals surface area contributed by atoms with Gasteiger partial charge in [0.1, 0.15) is 6.04 Å². The monoisotopic (exact) mass is 846 g/mol. The summed E-state index contributed by atoms with van der Waals surface area (Å²) in [5, 5.41) is 17.3. The quantitative estimate of drug-likeness (QED) is 0.0973. The summed E-state index contributed by atoms with van der Waals surface area (Å²) < 4.78 is 14.6. The highest BCUT2D eigenvalue weighted by molar-refractivity contribution is 8.30. The lowest BCUT2D eigenvalue weighted by Gasteiger charge is -2.44. The van der Waals surface area contributed by atoms with Gasteiger partial charge in [-0.05, 0) is 100 Å². The fraction of sp³-hybridized carbons (Fsp3) is 0.745. The number of piperidine rings is 1. The van der Waals surface area contributed by atoms with Crippen molar-refractivity contribution in [2.45, 2.75) is 137 Å². The van der Waals surface area contributed by atoms with Crippen LogP contribution >= 0.6 is 10.2 Å². The van der Waals surface area contributed by atoms with Gasteiger partial charge in [-0.3, -0.25) is 18.7 Å². The number of amides is 3. The van der Waals surface area contributed by atoms with Gasteiger partial charge in [0.2, 0.25) is 17.7 Å². The molecule has 59 heavy (non-hydrogen) atoms. The number of carbonyl (C=O) groups is 3. The van der Waals surface area contributed by atoms with Gasteiger partial charge >= 0.3 is 0 Å². The van der Waals surface area contributed by atoms with E-state index in [1.54, 1.807) is 32.4 Å². The standard InChI is InChI=1S/C47H83N5O6S/c1-17-33(7)42(50(10)47(56)39(28-31(3)4)49-46(55)41(32(5)6)51(11)59(14,15)16)40(57-12)29-38(18-2)52-27-23-26-37(30-52)44(58-13)34(8)45(54)48-35(9)43(53)36-24-21-19-20-22-25-36/h18-19,21-22,24-25,31-35,37,39-44,53H,17,23,26-30H2,1-16H3,(H,48,54)(H,49,55). The molecule has 1 fully saturated rings.